The molecular formula is C42H62N8O6. The topological polar surface area (TPSA) is 158 Å². The van der Waals surface area contributed by atoms with Crippen molar-refractivity contribution >= 4 is 46.8 Å². The molecule has 0 unspecified atom stereocenters. The molecule has 3 N–H and O–H groups in total. The molecule has 0 bridgehead atoms. The van der Waals surface area contributed by atoms with E-state index in [9.17, 15) is 19.2 Å². The molecule has 2 saturated carbocycles. The standard InChI is InChI=1S/C42H62N8O6/c1-7-33-39(53)48(5)34-26-43-41(46-37(34)50(33)30-13-8-9-14-30)45-32-19-18-28(25-35(32)55-6)38(52)44-29-20-23-49(24-21-29)22-12-17-36(51)47-42(4,27(2)3)40(54)56-31-15-10-11-16-31/h18-19,25-27,29-31,33H,7-17,20-24H2,1-6H3,(H,44,52)(H,47,51)(H,43,45,46)/t33-,42+/m1/s1. The minimum atomic E-state index is -1.05. The first-order valence-corrected chi connectivity index (χ1v) is 20.8. The Morgan fingerprint density at radius 1 is 1.02 bits per heavy atom. The number of likely N-dealkylation sites (tertiary alicyclic amines) is 1. The van der Waals surface area contributed by atoms with Gasteiger partial charge in [-0.2, -0.15) is 4.98 Å². The number of nitrogens with one attached hydrogen (secondary N) is 3. The van der Waals surface area contributed by atoms with Gasteiger partial charge in [-0.15, -0.1) is 0 Å². The molecule has 3 fully saturated rings. The van der Waals surface area contributed by atoms with Crippen LogP contribution in [0, 0.1) is 5.92 Å². The van der Waals surface area contributed by atoms with Gasteiger partial charge < -0.3 is 40.1 Å². The zero-order chi connectivity index (χ0) is 40.0. The van der Waals surface area contributed by atoms with Crippen molar-refractivity contribution in [3.8, 4) is 5.75 Å². The molecule has 2 aliphatic heterocycles. The Balaban J connectivity index is 0.985. The van der Waals surface area contributed by atoms with Gasteiger partial charge >= 0.3 is 5.97 Å². The second-order valence-electron chi connectivity index (χ2n) is 16.5. The fourth-order valence-corrected chi connectivity index (χ4v) is 8.60. The number of carbonyl (C=O) groups excluding carboxylic acids is 4. The van der Waals surface area contributed by atoms with Gasteiger partial charge in [-0.1, -0.05) is 33.6 Å². The molecule has 6 rings (SSSR count). The molecule has 3 amide bonds. The Hall–Kier alpha value is -4.46. The average Bonchev–Trinajstić information content (AvgIpc) is 3.92. The second kappa shape index (κ2) is 18.2. The van der Waals surface area contributed by atoms with Gasteiger partial charge in [-0.25, -0.2) is 9.78 Å². The van der Waals surface area contributed by atoms with Crippen molar-refractivity contribution in [3.05, 3.63) is 30.0 Å². The number of esters is 1. The lowest BCUT2D eigenvalue weighted by molar-refractivity contribution is -0.160. The van der Waals surface area contributed by atoms with Crippen molar-refractivity contribution in [2.45, 2.75) is 141 Å². The summed E-state index contributed by atoms with van der Waals surface area (Å²) in [5.74, 6) is 0.965. The first-order valence-electron chi connectivity index (χ1n) is 20.8. The Morgan fingerprint density at radius 2 is 1.71 bits per heavy atom. The molecule has 0 radical (unpaired) electrons. The zero-order valence-corrected chi connectivity index (χ0v) is 34.2. The summed E-state index contributed by atoms with van der Waals surface area (Å²) in [5, 5.41) is 9.48. The molecule has 0 spiro atoms. The van der Waals surface area contributed by atoms with Crippen LogP contribution in [0.2, 0.25) is 0 Å². The highest BCUT2D eigenvalue weighted by atomic mass is 16.5. The van der Waals surface area contributed by atoms with E-state index in [4.69, 9.17) is 14.5 Å². The SMILES string of the molecule is CC[C@@H]1C(=O)N(C)c2cnc(Nc3ccc(C(=O)NC4CCN(CCCC(=O)N[C@](C)(C(=O)OC5CCCC5)C(C)C)CC4)cc3OC)nc2N1C1CCCC1. The predicted octanol–water partition coefficient (Wildman–Crippen LogP) is 5.72. The number of amides is 3. The maximum Gasteiger partial charge on any atom is 0.332 e. The molecule has 1 aromatic carbocycles. The van der Waals surface area contributed by atoms with E-state index >= 15 is 0 Å². The Morgan fingerprint density at radius 3 is 2.38 bits per heavy atom. The van der Waals surface area contributed by atoms with Gasteiger partial charge in [0.25, 0.3) is 5.91 Å². The molecule has 3 heterocycles. The van der Waals surface area contributed by atoms with Crippen LogP contribution in [0.4, 0.5) is 23.1 Å². The summed E-state index contributed by atoms with van der Waals surface area (Å²) in [6.07, 6.45) is 13.3. The van der Waals surface area contributed by atoms with Gasteiger partial charge in [0, 0.05) is 44.2 Å². The number of nitrogens with zero attached hydrogens (tertiary/aromatic N) is 5. The molecule has 2 aromatic rings. The molecule has 14 nitrogen and oxygen atoms in total. The minimum absolute atomic E-state index is 0.0344. The lowest BCUT2D eigenvalue weighted by atomic mass is 9.88. The summed E-state index contributed by atoms with van der Waals surface area (Å²) >= 11 is 0. The monoisotopic (exact) mass is 774 g/mol. The second-order valence-corrected chi connectivity index (χ2v) is 16.5. The van der Waals surface area contributed by atoms with Crippen LogP contribution in [-0.4, -0.2) is 102 Å². The summed E-state index contributed by atoms with van der Waals surface area (Å²) in [7, 11) is 3.35. The largest absolute Gasteiger partial charge is 0.495 e. The number of hydrogen-bond acceptors (Lipinski definition) is 11. The van der Waals surface area contributed by atoms with E-state index in [0.717, 1.165) is 89.7 Å². The predicted molar refractivity (Wildman–Crippen MR) is 216 cm³/mol. The maximum atomic E-state index is 13.4. The van der Waals surface area contributed by atoms with E-state index in [1.54, 1.807) is 50.4 Å². The lowest BCUT2D eigenvalue weighted by Gasteiger charge is -2.43. The van der Waals surface area contributed by atoms with Crippen LogP contribution < -0.4 is 30.5 Å². The van der Waals surface area contributed by atoms with Gasteiger partial charge in [0.1, 0.15) is 29.1 Å². The lowest BCUT2D eigenvalue weighted by Crippen LogP contribution is -2.57. The zero-order valence-electron chi connectivity index (χ0n) is 34.2. The van der Waals surface area contributed by atoms with Crippen molar-refractivity contribution in [1.29, 1.82) is 0 Å². The normalized spacial score (nSPS) is 20.8. The van der Waals surface area contributed by atoms with Gasteiger partial charge in [-0.05, 0) is 102 Å². The van der Waals surface area contributed by atoms with Crippen LogP contribution in [0.25, 0.3) is 0 Å². The number of benzene rings is 1. The first kappa shape index (κ1) is 41.2. The van der Waals surface area contributed by atoms with Crippen molar-refractivity contribution in [3.63, 3.8) is 0 Å². The van der Waals surface area contributed by atoms with Crippen LogP contribution in [0.5, 0.6) is 5.75 Å². The maximum absolute atomic E-state index is 13.4. The molecule has 4 aliphatic rings. The number of hydrogen-bond donors (Lipinski definition) is 3. The van der Waals surface area contributed by atoms with Crippen molar-refractivity contribution in [2.24, 2.45) is 5.92 Å². The third-order valence-electron chi connectivity index (χ3n) is 12.5. The first-order chi connectivity index (χ1) is 26.9. The number of carbonyl (C=O) groups is 4. The van der Waals surface area contributed by atoms with E-state index in [1.807, 2.05) is 20.8 Å². The molecule has 14 heteroatoms. The van der Waals surface area contributed by atoms with Gasteiger partial charge in [0.05, 0.1) is 19.0 Å². The molecule has 2 atom stereocenters. The van der Waals surface area contributed by atoms with Crippen molar-refractivity contribution in [2.75, 3.05) is 48.9 Å². The number of methoxy groups -OCH3 is 1. The van der Waals surface area contributed by atoms with Gasteiger partial charge in [0.15, 0.2) is 5.82 Å². The summed E-state index contributed by atoms with van der Waals surface area (Å²) in [6.45, 7) is 10.1. The van der Waals surface area contributed by atoms with E-state index in [0.29, 0.717) is 47.9 Å². The Labute approximate surface area is 331 Å². The molecule has 56 heavy (non-hydrogen) atoms. The van der Waals surface area contributed by atoms with Gasteiger partial charge in [-0.3, -0.25) is 14.4 Å². The number of ether oxygens (including phenoxy) is 2. The number of rotatable bonds is 15. The molecule has 1 aromatic heterocycles. The molecular weight excluding hydrogens is 713 g/mol. The number of anilines is 4. The third kappa shape index (κ3) is 9.22. The summed E-state index contributed by atoms with van der Waals surface area (Å²) in [5.41, 5.74) is 0.770. The van der Waals surface area contributed by atoms with Crippen LogP contribution in [0.1, 0.15) is 122 Å². The van der Waals surface area contributed by atoms with E-state index < -0.39 is 5.54 Å². The Kier molecular flexibility index (Phi) is 13.4. The Bertz CT molecular complexity index is 1720. The van der Waals surface area contributed by atoms with E-state index in [2.05, 4.69) is 30.7 Å². The highest BCUT2D eigenvalue weighted by molar-refractivity contribution is 6.04. The number of aromatic nitrogens is 2. The number of fused-ring (bicyclic) bond motifs is 1. The fraction of sp³-hybridized carbons (Fsp3) is 0.667. The summed E-state index contributed by atoms with van der Waals surface area (Å²) in [4.78, 5) is 68.3. The smallest absolute Gasteiger partial charge is 0.332 e. The van der Waals surface area contributed by atoms with E-state index in [1.165, 1.54) is 0 Å². The van der Waals surface area contributed by atoms with Crippen LogP contribution in [0.3, 0.4) is 0 Å². The number of likely N-dealkylation sites (N-methyl/N-ethyl adjacent to an activating group) is 1. The average molecular weight is 775 g/mol. The van der Waals surface area contributed by atoms with Gasteiger partial charge in [0.2, 0.25) is 17.8 Å². The third-order valence-corrected chi connectivity index (χ3v) is 12.5. The highest BCUT2D eigenvalue weighted by Gasteiger charge is 2.42. The summed E-state index contributed by atoms with van der Waals surface area (Å²) in [6, 6.07) is 5.33. The highest BCUT2D eigenvalue weighted by Crippen LogP contribution is 2.40. The van der Waals surface area contributed by atoms with Crippen molar-refractivity contribution < 1.29 is 28.7 Å². The quantitative estimate of drug-likeness (QED) is 0.190. The van der Waals surface area contributed by atoms with Crippen LogP contribution in [0.15, 0.2) is 24.4 Å². The van der Waals surface area contributed by atoms with Crippen LogP contribution >= 0.6 is 0 Å². The molecule has 2 aliphatic carbocycles. The van der Waals surface area contributed by atoms with Crippen molar-refractivity contribution in [1.82, 2.24) is 25.5 Å². The van der Waals surface area contributed by atoms with E-state index in [-0.39, 0.29) is 53.8 Å². The molecule has 1 saturated heterocycles. The fourth-order valence-electron chi connectivity index (χ4n) is 8.60. The number of piperidine rings is 1. The minimum Gasteiger partial charge on any atom is -0.495 e. The van der Waals surface area contributed by atoms with Crippen LogP contribution in [-0.2, 0) is 19.1 Å². The molecule has 306 valence electrons. The summed E-state index contributed by atoms with van der Waals surface area (Å²) < 4.78 is 11.5.